The number of fused-ring (bicyclic) bond motifs is 3. The molecule has 1 aliphatic carbocycles. The van der Waals surface area contributed by atoms with E-state index >= 15 is 0 Å². The lowest BCUT2D eigenvalue weighted by Crippen LogP contribution is -2.18. The van der Waals surface area contributed by atoms with Crippen LogP contribution in [0.15, 0.2) is 36.4 Å². The molecule has 2 aliphatic rings. The zero-order valence-corrected chi connectivity index (χ0v) is 18.6. The molecule has 1 aliphatic heterocycles. The van der Waals surface area contributed by atoms with Crippen LogP contribution in [0.25, 0.3) is 10.9 Å². The quantitative estimate of drug-likeness (QED) is 0.428. The van der Waals surface area contributed by atoms with Gasteiger partial charge in [-0.3, -0.25) is 4.79 Å². The van der Waals surface area contributed by atoms with Crippen LogP contribution in [-0.2, 0) is 28.7 Å². The van der Waals surface area contributed by atoms with Gasteiger partial charge in [-0.15, -0.1) is 0 Å². The lowest BCUT2D eigenvalue weighted by Gasteiger charge is -2.22. The maximum Gasteiger partial charge on any atom is 0.416 e. The summed E-state index contributed by atoms with van der Waals surface area (Å²) in [5.74, 6) is -0.413. The Hall–Kier alpha value is -3.00. The van der Waals surface area contributed by atoms with Gasteiger partial charge in [-0.25, -0.2) is 0 Å². The summed E-state index contributed by atoms with van der Waals surface area (Å²) in [6, 6.07) is 10.0. The van der Waals surface area contributed by atoms with Crippen molar-refractivity contribution in [3.05, 3.63) is 64.3 Å². The largest absolute Gasteiger partial charge is 0.489 e. The number of benzene rings is 2. The van der Waals surface area contributed by atoms with E-state index in [1.54, 1.807) is 18.2 Å². The van der Waals surface area contributed by atoms with Crippen LogP contribution in [0, 0.1) is 0 Å². The molecule has 0 amide bonds. The summed E-state index contributed by atoms with van der Waals surface area (Å²) in [5, 5.41) is 10.1. The summed E-state index contributed by atoms with van der Waals surface area (Å²) in [5.41, 5.74) is 2.92. The SMILES string of the molecule is O=C(O)CC1OCCc2c1[nH]c1ccc(OCc3ccc(C4CCCC4)c(C(F)(F)F)c3)cc21. The fourth-order valence-electron chi connectivity index (χ4n) is 5.29. The van der Waals surface area contributed by atoms with E-state index in [0.29, 0.717) is 29.9 Å². The van der Waals surface area contributed by atoms with Crippen LogP contribution in [-0.4, -0.2) is 22.7 Å². The number of aliphatic carboxylic acids is 1. The van der Waals surface area contributed by atoms with Gasteiger partial charge in [0.25, 0.3) is 0 Å². The van der Waals surface area contributed by atoms with Crippen molar-refractivity contribution in [2.75, 3.05) is 6.61 Å². The smallest absolute Gasteiger partial charge is 0.416 e. The molecule has 0 radical (unpaired) electrons. The average molecular weight is 473 g/mol. The number of aromatic amines is 1. The van der Waals surface area contributed by atoms with E-state index in [1.165, 1.54) is 6.07 Å². The molecule has 2 N–H and O–H groups in total. The van der Waals surface area contributed by atoms with E-state index in [1.807, 2.05) is 12.1 Å². The fourth-order valence-corrected chi connectivity index (χ4v) is 5.29. The molecule has 3 aromatic rings. The van der Waals surface area contributed by atoms with Gasteiger partial charge in [0.2, 0.25) is 0 Å². The highest BCUT2D eigenvalue weighted by molar-refractivity contribution is 5.86. The van der Waals surface area contributed by atoms with Gasteiger partial charge in [-0.2, -0.15) is 13.2 Å². The lowest BCUT2D eigenvalue weighted by atomic mass is 9.91. The molecule has 1 aromatic heterocycles. The molecular formula is C26H26F3NO4. The molecule has 1 saturated carbocycles. The number of alkyl halides is 3. The van der Waals surface area contributed by atoms with Gasteiger partial charge >= 0.3 is 12.1 Å². The number of H-pyrrole nitrogens is 1. The molecule has 1 fully saturated rings. The van der Waals surface area contributed by atoms with Crippen LogP contribution in [0.5, 0.6) is 5.75 Å². The molecule has 2 aromatic carbocycles. The molecule has 8 heteroatoms. The summed E-state index contributed by atoms with van der Waals surface area (Å²) < 4.78 is 52.8. The molecule has 1 unspecified atom stereocenters. The zero-order chi connectivity index (χ0) is 23.9. The molecule has 5 nitrogen and oxygen atoms in total. The Kier molecular flexibility index (Phi) is 6.02. The van der Waals surface area contributed by atoms with E-state index in [9.17, 15) is 18.0 Å². The zero-order valence-electron chi connectivity index (χ0n) is 18.6. The van der Waals surface area contributed by atoms with Gasteiger partial charge in [0, 0.05) is 16.6 Å². The average Bonchev–Trinajstić information content (AvgIpc) is 3.45. The van der Waals surface area contributed by atoms with Gasteiger partial charge < -0.3 is 19.6 Å². The predicted octanol–water partition coefficient (Wildman–Crippen LogP) is 6.51. The van der Waals surface area contributed by atoms with Crippen molar-refractivity contribution in [2.45, 2.75) is 63.3 Å². The highest BCUT2D eigenvalue weighted by Crippen LogP contribution is 2.42. The van der Waals surface area contributed by atoms with Crippen molar-refractivity contribution in [1.29, 1.82) is 0 Å². The normalized spacial score (nSPS) is 18.9. The van der Waals surface area contributed by atoms with Crippen LogP contribution in [0.2, 0.25) is 0 Å². The first-order valence-corrected chi connectivity index (χ1v) is 11.6. The van der Waals surface area contributed by atoms with Crippen LogP contribution in [0.4, 0.5) is 13.2 Å². The molecule has 0 spiro atoms. The second-order valence-electron chi connectivity index (χ2n) is 9.12. The second-order valence-corrected chi connectivity index (χ2v) is 9.12. The van der Waals surface area contributed by atoms with Gasteiger partial charge in [-0.1, -0.05) is 25.0 Å². The number of hydrogen-bond acceptors (Lipinski definition) is 3. The number of carbonyl (C=O) groups is 1. The Morgan fingerprint density at radius 3 is 2.68 bits per heavy atom. The first-order chi connectivity index (χ1) is 16.3. The third kappa shape index (κ3) is 4.51. The van der Waals surface area contributed by atoms with Gasteiger partial charge in [0.1, 0.15) is 18.5 Å². The molecular weight excluding hydrogens is 447 g/mol. The van der Waals surface area contributed by atoms with Crippen LogP contribution >= 0.6 is 0 Å². The van der Waals surface area contributed by atoms with Crippen molar-refractivity contribution in [3.63, 3.8) is 0 Å². The highest BCUT2D eigenvalue weighted by Gasteiger charge is 2.36. The maximum atomic E-state index is 13.8. The first-order valence-electron chi connectivity index (χ1n) is 11.6. The third-order valence-corrected chi connectivity index (χ3v) is 6.89. The number of aromatic nitrogens is 1. The number of nitrogens with one attached hydrogen (secondary N) is 1. The van der Waals surface area contributed by atoms with Gasteiger partial charge in [-0.05, 0) is 66.1 Å². The molecule has 180 valence electrons. The summed E-state index contributed by atoms with van der Waals surface area (Å²) >= 11 is 0. The summed E-state index contributed by atoms with van der Waals surface area (Å²) in [7, 11) is 0. The van der Waals surface area contributed by atoms with E-state index in [2.05, 4.69) is 4.98 Å². The van der Waals surface area contributed by atoms with Crippen molar-refractivity contribution in [1.82, 2.24) is 4.98 Å². The number of carboxylic acids is 1. The van der Waals surface area contributed by atoms with Crippen LogP contribution < -0.4 is 4.74 Å². The molecule has 1 atom stereocenters. The minimum atomic E-state index is -4.40. The Morgan fingerprint density at radius 1 is 1.15 bits per heavy atom. The summed E-state index contributed by atoms with van der Waals surface area (Å²) in [4.78, 5) is 14.4. The molecule has 34 heavy (non-hydrogen) atoms. The Labute approximate surface area is 194 Å². The van der Waals surface area contributed by atoms with Crippen molar-refractivity contribution in [2.24, 2.45) is 0 Å². The first kappa shape index (κ1) is 22.8. The Bertz CT molecular complexity index is 1210. The maximum absolute atomic E-state index is 13.8. The lowest BCUT2D eigenvalue weighted by molar-refractivity contribution is -0.141. The predicted molar refractivity (Wildman–Crippen MR) is 120 cm³/mol. The number of hydrogen-bond donors (Lipinski definition) is 2. The number of ether oxygens (including phenoxy) is 2. The standard InChI is InChI=1S/C26H26F3NO4/c27-26(28,29)21-11-15(5-7-18(21)16-3-1-2-4-16)14-34-17-6-8-22-20(12-17)19-9-10-33-23(13-24(31)32)25(19)30-22/h5-8,11-12,16,23,30H,1-4,9-10,13-14H2,(H,31,32). The van der Waals surface area contributed by atoms with E-state index in [4.69, 9.17) is 14.6 Å². The van der Waals surface area contributed by atoms with Gasteiger partial charge in [0.05, 0.1) is 18.6 Å². The Balaban J connectivity index is 1.37. The van der Waals surface area contributed by atoms with E-state index < -0.39 is 23.8 Å². The molecule has 2 heterocycles. The van der Waals surface area contributed by atoms with Crippen LogP contribution in [0.1, 0.15) is 72.1 Å². The summed E-state index contributed by atoms with van der Waals surface area (Å²) in [6.07, 6.45) is -0.851. The van der Waals surface area contributed by atoms with Crippen molar-refractivity contribution >= 4 is 16.9 Å². The summed E-state index contributed by atoms with van der Waals surface area (Å²) in [6.45, 7) is 0.452. The minimum Gasteiger partial charge on any atom is -0.489 e. The second kappa shape index (κ2) is 8.98. The van der Waals surface area contributed by atoms with Gasteiger partial charge in [0.15, 0.2) is 0 Å². The van der Waals surface area contributed by atoms with E-state index in [-0.39, 0.29) is 18.9 Å². The molecule has 5 rings (SSSR count). The van der Waals surface area contributed by atoms with Crippen molar-refractivity contribution < 1.29 is 32.5 Å². The Morgan fingerprint density at radius 2 is 1.94 bits per heavy atom. The molecule has 0 saturated heterocycles. The number of rotatable bonds is 6. The monoisotopic (exact) mass is 473 g/mol. The fraction of sp³-hybridized carbons (Fsp3) is 0.423. The third-order valence-electron chi connectivity index (χ3n) is 6.89. The topological polar surface area (TPSA) is 71.5 Å². The minimum absolute atomic E-state index is 0.0247. The molecule has 0 bridgehead atoms. The highest BCUT2D eigenvalue weighted by atomic mass is 19.4. The van der Waals surface area contributed by atoms with Crippen molar-refractivity contribution in [3.8, 4) is 5.75 Å². The number of carboxylic acid groups (broad SMARTS) is 1. The van der Waals surface area contributed by atoms with Crippen LogP contribution in [0.3, 0.4) is 0 Å². The van der Waals surface area contributed by atoms with E-state index in [0.717, 1.165) is 47.8 Å². The number of halogens is 3.